The number of anilines is 1. The van der Waals surface area contributed by atoms with Crippen LogP contribution in [0.5, 0.6) is 0 Å². The number of thiazole rings is 1. The maximum absolute atomic E-state index is 11.9. The minimum atomic E-state index is -2.51. The molecule has 1 heterocycles. The van der Waals surface area contributed by atoms with Gasteiger partial charge in [0.05, 0.1) is 0 Å². The molecule has 0 radical (unpaired) electrons. The fraction of sp³-hybridized carbons (Fsp3) is 0.400. The van der Waals surface area contributed by atoms with Crippen molar-refractivity contribution in [1.82, 2.24) is 4.98 Å². The SMILES string of the molecule is Cc1sc(N)nc1C(F)F. The molecule has 1 rings (SSSR count). The summed E-state index contributed by atoms with van der Waals surface area (Å²) < 4.78 is 23.9. The van der Waals surface area contributed by atoms with E-state index in [1.807, 2.05) is 0 Å². The summed E-state index contributed by atoms with van der Waals surface area (Å²) in [7, 11) is 0. The number of aryl methyl sites for hydroxylation is 1. The number of rotatable bonds is 1. The standard InChI is InChI=1S/C5H6F2N2S/c1-2-3(4(6)7)9-5(8)10-2/h4H,1H3,(H2,8,9). The molecule has 1 aromatic rings. The fourth-order valence-corrected chi connectivity index (χ4v) is 1.33. The normalized spacial score (nSPS) is 10.8. The molecular formula is C5H6F2N2S. The second-order valence-corrected chi connectivity index (χ2v) is 3.03. The molecule has 0 unspecified atom stereocenters. The lowest BCUT2D eigenvalue weighted by atomic mass is 10.4. The highest BCUT2D eigenvalue weighted by Crippen LogP contribution is 2.27. The van der Waals surface area contributed by atoms with Gasteiger partial charge in [-0.1, -0.05) is 0 Å². The summed E-state index contributed by atoms with van der Waals surface area (Å²) in [6, 6.07) is 0. The zero-order valence-electron chi connectivity index (χ0n) is 5.27. The van der Waals surface area contributed by atoms with Crippen LogP contribution in [0.4, 0.5) is 13.9 Å². The quantitative estimate of drug-likeness (QED) is 0.689. The number of hydrogen-bond donors (Lipinski definition) is 1. The third-order valence-electron chi connectivity index (χ3n) is 1.06. The van der Waals surface area contributed by atoms with Gasteiger partial charge in [0, 0.05) is 4.88 Å². The van der Waals surface area contributed by atoms with Crippen LogP contribution in [0.15, 0.2) is 0 Å². The number of hydrogen-bond acceptors (Lipinski definition) is 3. The molecule has 56 valence electrons. The van der Waals surface area contributed by atoms with Gasteiger partial charge in [0.1, 0.15) is 5.69 Å². The van der Waals surface area contributed by atoms with Crippen LogP contribution in [0.2, 0.25) is 0 Å². The van der Waals surface area contributed by atoms with Crippen molar-refractivity contribution in [3.05, 3.63) is 10.6 Å². The Balaban J connectivity index is 3.03. The summed E-state index contributed by atoms with van der Waals surface area (Å²) in [4.78, 5) is 3.95. The van der Waals surface area contributed by atoms with Crippen molar-refractivity contribution in [3.8, 4) is 0 Å². The van der Waals surface area contributed by atoms with E-state index < -0.39 is 6.43 Å². The van der Waals surface area contributed by atoms with Gasteiger partial charge in [0.2, 0.25) is 0 Å². The minimum absolute atomic E-state index is 0.192. The molecule has 0 bridgehead atoms. The highest BCUT2D eigenvalue weighted by Gasteiger charge is 2.14. The van der Waals surface area contributed by atoms with E-state index in [4.69, 9.17) is 5.73 Å². The number of alkyl halides is 2. The van der Waals surface area contributed by atoms with Crippen molar-refractivity contribution in [1.29, 1.82) is 0 Å². The van der Waals surface area contributed by atoms with Gasteiger partial charge in [-0.15, -0.1) is 11.3 Å². The first-order valence-corrected chi connectivity index (χ1v) is 3.44. The zero-order valence-corrected chi connectivity index (χ0v) is 6.08. The highest BCUT2D eigenvalue weighted by atomic mass is 32.1. The predicted octanol–water partition coefficient (Wildman–Crippen LogP) is 1.97. The van der Waals surface area contributed by atoms with E-state index in [0.717, 1.165) is 11.3 Å². The zero-order chi connectivity index (χ0) is 7.72. The number of aromatic nitrogens is 1. The van der Waals surface area contributed by atoms with Crippen molar-refractivity contribution < 1.29 is 8.78 Å². The summed E-state index contributed by atoms with van der Waals surface area (Å²) in [6.07, 6.45) is -2.51. The van der Waals surface area contributed by atoms with Crippen LogP contribution >= 0.6 is 11.3 Å². The summed E-state index contributed by atoms with van der Waals surface area (Å²) in [5, 5.41) is 0.202. The average molecular weight is 164 g/mol. The van der Waals surface area contributed by atoms with E-state index >= 15 is 0 Å². The lowest BCUT2D eigenvalue weighted by Crippen LogP contribution is -1.88. The first kappa shape index (κ1) is 7.40. The first-order chi connectivity index (χ1) is 4.61. The molecule has 1 aromatic heterocycles. The number of halogens is 2. The Bertz CT molecular complexity index is 234. The molecule has 0 fully saturated rings. The van der Waals surface area contributed by atoms with E-state index in [0.29, 0.717) is 4.88 Å². The van der Waals surface area contributed by atoms with E-state index in [-0.39, 0.29) is 10.8 Å². The first-order valence-electron chi connectivity index (χ1n) is 2.62. The van der Waals surface area contributed by atoms with Crippen molar-refractivity contribution >= 4 is 16.5 Å². The molecule has 2 N–H and O–H groups in total. The molecule has 0 aliphatic rings. The summed E-state index contributed by atoms with van der Waals surface area (Å²) in [5.74, 6) is 0. The molecule has 0 saturated heterocycles. The molecule has 0 saturated carbocycles. The Morgan fingerprint density at radius 2 is 2.20 bits per heavy atom. The van der Waals surface area contributed by atoms with Crippen LogP contribution in [0.25, 0.3) is 0 Å². The molecule has 0 amide bonds. The van der Waals surface area contributed by atoms with Crippen LogP contribution in [0.3, 0.4) is 0 Å². The Kier molecular flexibility index (Phi) is 1.85. The Morgan fingerprint density at radius 1 is 1.60 bits per heavy atom. The summed E-state index contributed by atoms with van der Waals surface area (Å²) in [5.41, 5.74) is 5.00. The summed E-state index contributed by atoms with van der Waals surface area (Å²) >= 11 is 1.08. The molecule has 10 heavy (non-hydrogen) atoms. The number of nitrogen functional groups attached to an aromatic ring is 1. The van der Waals surface area contributed by atoms with Gasteiger partial charge in [-0.25, -0.2) is 13.8 Å². The van der Waals surface area contributed by atoms with Crippen molar-refractivity contribution in [2.75, 3.05) is 5.73 Å². The molecule has 0 aliphatic heterocycles. The Morgan fingerprint density at radius 3 is 2.40 bits per heavy atom. The molecular weight excluding hydrogens is 158 g/mol. The van der Waals surface area contributed by atoms with Gasteiger partial charge < -0.3 is 5.73 Å². The van der Waals surface area contributed by atoms with Crippen LogP contribution in [-0.2, 0) is 0 Å². The smallest absolute Gasteiger partial charge is 0.281 e. The molecule has 2 nitrogen and oxygen atoms in total. The van der Waals surface area contributed by atoms with E-state index in [2.05, 4.69) is 4.98 Å². The third-order valence-corrected chi connectivity index (χ3v) is 1.87. The lowest BCUT2D eigenvalue weighted by Gasteiger charge is -1.91. The third kappa shape index (κ3) is 1.23. The monoisotopic (exact) mass is 164 g/mol. The van der Waals surface area contributed by atoms with Crippen LogP contribution in [0.1, 0.15) is 17.0 Å². The number of nitrogens with two attached hydrogens (primary N) is 1. The van der Waals surface area contributed by atoms with Gasteiger partial charge in [-0.05, 0) is 6.92 Å². The van der Waals surface area contributed by atoms with Crippen LogP contribution in [-0.4, -0.2) is 4.98 Å². The van der Waals surface area contributed by atoms with Crippen molar-refractivity contribution in [3.63, 3.8) is 0 Å². The van der Waals surface area contributed by atoms with Crippen molar-refractivity contribution in [2.45, 2.75) is 13.3 Å². The fourth-order valence-electron chi connectivity index (χ4n) is 0.632. The largest absolute Gasteiger partial charge is 0.375 e. The van der Waals surface area contributed by atoms with E-state index in [1.54, 1.807) is 6.92 Å². The van der Waals surface area contributed by atoms with Gasteiger partial charge in [-0.3, -0.25) is 0 Å². The number of nitrogens with zero attached hydrogens (tertiary/aromatic N) is 1. The lowest BCUT2D eigenvalue weighted by molar-refractivity contribution is 0.146. The van der Waals surface area contributed by atoms with Crippen LogP contribution < -0.4 is 5.73 Å². The highest BCUT2D eigenvalue weighted by molar-refractivity contribution is 7.15. The minimum Gasteiger partial charge on any atom is -0.375 e. The van der Waals surface area contributed by atoms with Gasteiger partial charge in [0.15, 0.2) is 5.13 Å². The van der Waals surface area contributed by atoms with E-state index in [1.165, 1.54) is 0 Å². The molecule has 5 heteroatoms. The van der Waals surface area contributed by atoms with Crippen molar-refractivity contribution in [2.24, 2.45) is 0 Å². The molecule has 0 atom stereocenters. The van der Waals surface area contributed by atoms with E-state index in [9.17, 15) is 8.78 Å². The molecule has 0 spiro atoms. The van der Waals surface area contributed by atoms with Gasteiger partial charge in [-0.2, -0.15) is 0 Å². The van der Waals surface area contributed by atoms with Gasteiger partial charge in [0.25, 0.3) is 6.43 Å². The second kappa shape index (κ2) is 2.49. The Hall–Kier alpha value is -0.710. The maximum atomic E-state index is 11.9. The average Bonchev–Trinajstić information content (AvgIpc) is 2.10. The summed E-state index contributed by atoms with van der Waals surface area (Å²) in [6.45, 7) is 1.58. The topological polar surface area (TPSA) is 38.9 Å². The predicted molar refractivity (Wildman–Crippen MR) is 36.2 cm³/mol. The van der Waals surface area contributed by atoms with Crippen LogP contribution in [0, 0.1) is 6.92 Å². The van der Waals surface area contributed by atoms with Gasteiger partial charge >= 0.3 is 0 Å². The molecule has 0 aliphatic carbocycles. The molecule has 0 aromatic carbocycles. The Labute approximate surface area is 60.7 Å². The second-order valence-electron chi connectivity index (χ2n) is 1.79. The maximum Gasteiger partial charge on any atom is 0.281 e.